The number of anilines is 1. The monoisotopic (exact) mass is 589 g/mol. The zero-order chi connectivity index (χ0) is 28.4. The summed E-state index contributed by atoms with van der Waals surface area (Å²) in [5.74, 6) is -0.814. The van der Waals surface area contributed by atoms with Crippen molar-refractivity contribution < 1.29 is 18.0 Å². The number of carbonyl (C=O) groups excluding carboxylic acids is 2. The van der Waals surface area contributed by atoms with E-state index in [9.17, 15) is 18.0 Å². The smallest absolute Gasteiger partial charge is 0.264 e. The van der Waals surface area contributed by atoms with Gasteiger partial charge in [0.1, 0.15) is 12.6 Å². The highest BCUT2D eigenvalue weighted by Gasteiger charge is 2.33. The summed E-state index contributed by atoms with van der Waals surface area (Å²) < 4.78 is 28.6. The van der Waals surface area contributed by atoms with Crippen LogP contribution in [0.5, 0.6) is 0 Å². The number of hydrogen-bond donors (Lipinski definition) is 1. The summed E-state index contributed by atoms with van der Waals surface area (Å²) >= 11 is 12.4. The van der Waals surface area contributed by atoms with E-state index in [-0.39, 0.29) is 33.1 Å². The summed E-state index contributed by atoms with van der Waals surface area (Å²) in [6, 6.07) is 20.7. The maximum atomic E-state index is 14.0. The number of rotatable bonds is 13. The number of carbonyl (C=O) groups is 2. The van der Waals surface area contributed by atoms with Gasteiger partial charge in [-0.3, -0.25) is 13.9 Å². The summed E-state index contributed by atoms with van der Waals surface area (Å²) in [6.45, 7) is 3.92. The van der Waals surface area contributed by atoms with Crippen molar-refractivity contribution in [3.05, 3.63) is 94.5 Å². The van der Waals surface area contributed by atoms with Crippen LogP contribution in [0.3, 0.4) is 0 Å². The third-order valence-electron chi connectivity index (χ3n) is 6.16. The van der Waals surface area contributed by atoms with E-state index < -0.39 is 28.5 Å². The fourth-order valence-corrected chi connectivity index (χ4v) is 6.07. The van der Waals surface area contributed by atoms with Gasteiger partial charge < -0.3 is 10.2 Å². The predicted molar refractivity (Wildman–Crippen MR) is 156 cm³/mol. The lowest BCUT2D eigenvalue weighted by Gasteiger charge is -2.33. The lowest BCUT2D eigenvalue weighted by atomic mass is 10.1. The van der Waals surface area contributed by atoms with Crippen molar-refractivity contribution in [2.45, 2.75) is 50.6 Å². The third-order valence-corrected chi connectivity index (χ3v) is 8.38. The first kappa shape index (κ1) is 30.5. The molecule has 1 unspecified atom stereocenters. The minimum absolute atomic E-state index is 0.00728. The molecule has 0 saturated heterocycles. The van der Waals surface area contributed by atoms with Gasteiger partial charge in [0.05, 0.1) is 10.6 Å². The first-order chi connectivity index (χ1) is 18.7. The van der Waals surface area contributed by atoms with Gasteiger partial charge in [0.2, 0.25) is 11.8 Å². The molecule has 1 N–H and O–H groups in total. The number of hydrogen-bond acceptors (Lipinski definition) is 4. The Hall–Kier alpha value is -3.07. The molecule has 3 aromatic rings. The van der Waals surface area contributed by atoms with Crippen LogP contribution in [0.25, 0.3) is 0 Å². The standard InChI is InChI=1S/C29H33Cl2N3O4S/c1-3-5-16-32-29(36)27(4-2)33(20-22-12-8-6-9-13-22)28(35)21-34(25-18-23(30)17-24(31)19-25)39(37,38)26-14-10-7-11-15-26/h6-15,17-19,27H,3-5,16,20-21H2,1-2H3,(H,32,36). The number of nitrogens with zero attached hydrogens (tertiary/aromatic N) is 2. The van der Waals surface area contributed by atoms with Gasteiger partial charge in [-0.2, -0.15) is 0 Å². The molecule has 208 valence electrons. The Morgan fingerprint density at radius 3 is 2.05 bits per heavy atom. The van der Waals surface area contributed by atoms with Crippen molar-refractivity contribution in [1.29, 1.82) is 0 Å². The van der Waals surface area contributed by atoms with Crippen LogP contribution in [0.15, 0.2) is 83.8 Å². The van der Waals surface area contributed by atoms with Gasteiger partial charge >= 0.3 is 0 Å². The summed E-state index contributed by atoms with van der Waals surface area (Å²) in [4.78, 5) is 28.6. The van der Waals surface area contributed by atoms with Gasteiger partial charge in [-0.05, 0) is 48.7 Å². The minimum atomic E-state index is -4.19. The van der Waals surface area contributed by atoms with Crippen LogP contribution < -0.4 is 9.62 Å². The summed E-state index contributed by atoms with van der Waals surface area (Å²) in [7, 11) is -4.19. The van der Waals surface area contributed by atoms with Crippen molar-refractivity contribution in [2.75, 3.05) is 17.4 Å². The van der Waals surface area contributed by atoms with Crippen molar-refractivity contribution in [3.63, 3.8) is 0 Å². The molecule has 2 amide bonds. The van der Waals surface area contributed by atoms with Crippen LogP contribution in [0.1, 0.15) is 38.7 Å². The molecule has 0 saturated carbocycles. The zero-order valence-electron chi connectivity index (χ0n) is 22.0. The highest BCUT2D eigenvalue weighted by molar-refractivity contribution is 7.92. The van der Waals surface area contributed by atoms with E-state index in [1.165, 1.54) is 35.2 Å². The Bertz CT molecular complexity index is 1340. The van der Waals surface area contributed by atoms with Gasteiger partial charge in [-0.15, -0.1) is 0 Å². The Morgan fingerprint density at radius 1 is 0.897 bits per heavy atom. The van der Waals surface area contributed by atoms with Gasteiger partial charge in [-0.1, -0.05) is 92.0 Å². The SMILES string of the molecule is CCCCNC(=O)C(CC)N(Cc1ccccc1)C(=O)CN(c1cc(Cl)cc(Cl)c1)S(=O)(=O)c1ccccc1. The molecule has 1 atom stereocenters. The van der Waals surface area contributed by atoms with Crippen LogP contribution in [-0.4, -0.2) is 44.3 Å². The predicted octanol–water partition coefficient (Wildman–Crippen LogP) is 5.91. The molecule has 3 rings (SSSR count). The highest BCUT2D eigenvalue weighted by Crippen LogP contribution is 2.30. The lowest BCUT2D eigenvalue weighted by molar-refractivity contribution is -0.140. The van der Waals surface area contributed by atoms with E-state index in [4.69, 9.17) is 23.2 Å². The van der Waals surface area contributed by atoms with Crippen molar-refractivity contribution in [2.24, 2.45) is 0 Å². The number of unbranched alkanes of at least 4 members (excludes halogenated alkanes) is 1. The van der Waals surface area contributed by atoms with Crippen LogP contribution >= 0.6 is 23.2 Å². The van der Waals surface area contributed by atoms with E-state index >= 15 is 0 Å². The molecule has 39 heavy (non-hydrogen) atoms. The number of halogens is 2. The van der Waals surface area contributed by atoms with E-state index in [0.29, 0.717) is 13.0 Å². The molecule has 0 heterocycles. The second kappa shape index (κ2) is 14.4. The first-order valence-electron chi connectivity index (χ1n) is 12.8. The van der Waals surface area contributed by atoms with E-state index in [1.54, 1.807) is 18.2 Å². The van der Waals surface area contributed by atoms with Crippen molar-refractivity contribution in [1.82, 2.24) is 10.2 Å². The Balaban J connectivity index is 2.04. The average molecular weight is 591 g/mol. The van der Waals surface area contributed by atoms with E-state index in [1.807, 2.05) is 44.2 Å². The van der Waals surface area contributed by atoms with Gasteiger partial charge in [0.15, 0.2) is 0 Å². The van der Waals surface area contributed by atoms with Crippen molar-refractivity contribution in [3.8, 4) is 0 Å². The molecule has 0 aromatic heterocycles. The number of nitrogens with one attached hydrogen (secondary N) is 1. The van der Waals surface area contributed by atoms with Crippen molar-refractivity contribution >= 4 is 50.7 Å². The van der Waals surface area contributed by atoms with Gasteiger partial charge in [-0.25, -0.2) is 8.42 Å². The third kappa shape index (κ3) is 8.21. The van der Waals surface area contributed by atoms with Crippen LogP contribution in [0.2, 0.25) is 10.0 Å². The molecular formula is C29H33Cl2N3O4S. The lowest BCUT2D eigenvalue weighted by Crippen LogP contribution is -2.52. The maximum Gasteiger partial charge on any atom is 0.264 e. The van der Waals surface area contributed by atoms with Crippen LogP contribution in [-0.2, 0) is 26.2 Å². The second-order valence-electron chi connectivity index (χ2n) is 9.03. The Morgan fingerprint density at radius 2 is 1.49 bits per heavy atom. The van der Waals surface area contributed by atoms with Crippen LogP contribution in [0, 0.1) is 0 Å². The molecular weight excluding hydrogens is 557 g/mol. The fourth-order valence-electron chi connectivity index (χ4n) is 4.14. The maximum absolute atomic E-state index is 14.0. The quantitative estimate of drug-likeness (QED) is 0.251. The molecule has 3 aromatic carbocycles. The molecule has 0 radical (unpaired) electrons. The topological polar surface area (TPSA) is 86.8 Å². The number of amides is 2. The number of benzene rings is 3. The summed E-state index contributed by atoms with van der Waals surface area (Å²) in [5.41, 5.74) is 0.957. The normalized spacial score (nSPS) is 12.0. The van der Waals surface area contributed by atoms with Gasteiger partial charge in [0, 0.05) is 23.1 Å². The molecule has 0 aliphatic rings. The molecule has 0 fully saturated rings. The molecule has 10 heteroatoms. The zero-order valence-corrected chi connectivity index (χ0v) is 24.3. The fraction of sp³-hybridized carbons (Fsp3) is 0.310. The van der Waals surface area contributed by atoms with E-state index in [2.05, 4.69) is 5.32 Å². The first-order valence-corrected chi connectivity index (χ1v) is 15.0. The molecule has 0 bridgehead atoms. The second-order valence-corrected chi connectivity index (χ2v) is 11.8. The summed E-state index contributed by atoms with van der Waals surface area (Å²) in [5, 5.41) is 3.36. The van der Waals surface area contributed by atoms with Crippen LogP contribution in [0.4, 0.5) is 5.69 Å². The number of sulfonamides is 1. The highest BCUT2D eigenvalue weighted by atomic mass is 35.5. The van der Waals surface area contributed by atoms with Gasteiger partial charge in [0.25, 0.3) is 10.0 Å². The Kier molecular flexibility index (Phi) is 11.2. The van der Waals surface area contributed by atoms with E-state index in [0.717, 1.165) is 22.7 Å². The summed E-state index contributed by atoms with van der Waals surface area (Å²) in [6.07, 6.45) is 2.08. The molecule has 0 aliphatic heterocycles. The minimum Gasteiger partial charge on any atom is -0.354 e. The average Bonchev–Trinajstić information content (AvgIpc) is 2.92. The molecule has 0 aliphatic carbocycles. The largest absolute Gasteiger partial charge is 0.354 e. The Labute approximate surface area is 240 Å². The molecule has 7 nitrogen and oxygen atoms in total. The molecule has 0 spiro atoms.